The third kappa shape index (κ3) is 1.43. The fourth-order valence-corrected chi connectivity index (χ4v) is 2.67. The lowest BCUT2D eigenvalue weighted by Gasteiger charge is -1.90. The second-order valence-electron chi connectivity index (χ2n) is 3.01. The summed E-state index contributed by atoms with van der Waals surface area (Å²) >= 11 is 7.55. The number of nitrogens with two attached hydrogens (primary N) is 1. The Bertz CT molecular complexity index is 258. The van der Waals surface area contributed by atoms with Crippen LogP contribution in [0.4, 0.5) is 0 Å². The molecule has 0 aromatic carbocycles. The van der Waals surface area contributed by atoms with E-state index in [1.807, 2.05) is 5.38 Å². The maximum atomic E-state index is 5.80. The van der Waals surface area contributed by atoms with Gasteiger partial charge in [-0.2, -0.15) is 0 Å². The van der Waals surface area contributed by atoms with E-state index in [2.05, 4.69) is 6.07 Å². The van der Waals surface area contributed by atoms with Gasteiger partial charge in [-0.3, -0.25) is 0 Å². The largest absolute Gasteiger partial charge is 0.330 e. The quantitative estimate of drug-likeness (QED) is 0.757. The van der Waals surface area contributed by atoms with Crippen molar-refractivity contribution in [2.75, 3.05) is 6.54 Å². The van der Waals surface area contributed by atoms with E-state index in [-0.39, 0.29) is 0 Å². The molecule has 2 rings (SSSR count). The van der Waals surface area contributed by atoms with Crippen LogP contribution in [0.3, 0.4) is 0 Å². The maximum Gasteiger partial charge on any atom is 0.0515 e. The minimum absolute atomic E-state index is 0.720. The zero-order valence-corrected chi connectivity index (χ0v) is 7.66. The van der Waals surface area contributed by atoms with E-state index in [1.54, 1.807) is 11.3 Å². The maximum absolute atomic E-state index is 5.80. The first-order valence-electron chi connectivity index (χ1n) is 3.75. The summed E-state index contributed by atoms with van der Waals surface area (Å²) in [4.78, 5) is 1.41. The Hall–Kier alpha value is -0.0500. The van der Waals surface area contributed by atoms with Crippen molar-refractivity contribution < 1.29 is 0 Å². The van der Waals surface area contributed by atoms with Crippen LogP contribution in [0.25, 0.3) is 0 Å². The zero-order valence-electron chi connectivity index (χ0n) is 6.09. The van der Waals surface area contributed by atoms with Gasteiger partial charge in [0, 0.05) is 10.3 Å². The molecule has 0 aliphatic heterocycles. The molecule has 1 heterocycles. The first kappa shape index (κ1) is 7.59. The molecule has 1 aliphatic carbocycles. The molecule has 2 unspecified atom stereocenters. The van der Waals surface area contributed by atoms with Crippen molar-refractivity contribution in [3.63, 3.8) is 0 Å². The Kier molecular flexibility index (Phi) is 1.91. The van der Waals surface area contributed by atoms with Crippen molar-refractivity contribution in [2.24, 2.45) is 11.7 Å². The molecule has 1 aliphatic rings. The summed E-state index contributed by atoms with van der Waals surface area (Å²) in [6.45, 7) is 0.820. The van der Waals surface area contributed by atoms with Crippen LogP contribution in [0.1, 0.15) is 17.2 Å². The molecule has 0 bridgehead atoms. The Morgan fingerprint density at radius 1 is 1.73 bits per heavy atom. The fourth-order valence-electron chi connectivity index (χ4n) is 1.38. The molecule has 2 atom stereocenters. The van der Waals surface area contributed by atoms with Gasteiger partial charge in [-0.25, -0.2) is 0 Å². The van der Waals surface area contributed by atoms with Crippen LogP contribution in [0.5, 0.6) is 0 Å². The highest BCUT2D eigenvalue weighted by Gasteiger charge is 2.37. The van der Waals surface area contributed by atoms with Crippen molar-refractivity contribution in [1.29, 1.82) is 0 Å². The summed E-state index contributed by atoms with van der Waals surface area (Å²) in [6, 6.07) is 2.06. The highest BCUT2D eigenvalue weighted by molar-refractivity contribution is 7.10. The lowest BCUT2D eigenvalue weighted by atomic mass is 10.3. The molecule has 1 saturated carbocycles. The summed E-state index contributed by atoms with van der Waals surface area (Å²) < 4.78 is 0. The van der Waals surface area contributed by atoms with E-state index in [0.29, 0.717) is 0 Å². The highest BCUT2D eigenvalue weighted by Crippen LogP contribution is 2.49. The third-order valence-corrected chi connectivity index (χ3v) is 3.59. The number of hydrogen-bond acceptors (Lipinski definition) is 2. The summed E-state index contributed by atoms with van der Waals surface area (Å²) in [7, 11) is 0. The van der Waals surface area contributed by atoms with Gasteiger partial charge in [0.05, 0.1) is 5.02 Å². The molecule has 1 aromatic rings. The average molecular weight is 188 g/mol. The molecule has 11 heavy (non-hydrogen) atoms. The van der Waals surface area contributed by atoms with Crippen molar-refractivity contribution in [1.82, 2.24) is 0 Å². The predicted octanol–water partition coefficient (Wildman–Crippen LogP) is 2.46. The number of rotatable bonds is 2. The predicted molar refractivity (Wildman–Crippen MR) is 49.2 cm³/mol. The molecule has 0 amide bonds. The summed E-state index contributed by atoms with van der Waals surface area (Å²) in [5.74, 6) is 1.45. The molecule has 1 nitrogen and oxygen atoms in total. The standard InChI is InChI=1S/C8H10ClNS/c9-6-2-8(11-4-6)7-1-5(7)3-10/h2,4-5,7H,1,3,10H2. The number of halogens is 1. The van der Waals surface area contributed by atoms with Gasteiger partial charge in [0.25, 0.3) is 0 Å². The molecular formula is C8H10ClNS. The van der Waals surface area contributed by atoms with Gasteiger partial charge in [-0.05, 0) is 30.9 Å². The van der Waals surface area contributed by atoms with Gasteiger partial charge in [0.2, 0.25) is 0 Å². The van der Waals surface area contributed by atoms with Gasteiger partial charge < -0.3 is 5.73 Å². The molecule has 2 N–H and O–H groups in total. The van der Waals surface area contributed by atoms with Crippen molar-refractivity contribution in [2.45, 2.75) is 12.3 Å². The molecule has 1 aromatic heterocycles. The van der Waals surface area contributed by atoms with Gasteiger partial charge >= 0.3 is 0 Å². The van der Waals surface area contributed by atoms with E-state index in [9.17, 15) is 0 Å². The van der Waals surface area contributed by atoms with E-state index in [4.69, 9.17) is 17.3 Å². The summed E-state index contributed by atoms with van der Waals surface area (Å²) in [5.41, 5.74) is 5.54. The Balaban J connectivity index is 2.08. The van der Waals surface area contributed by atoms with E-state index >= 15 is 0 Å². The van der Waals surface area contributed by atoms with Crippen LogP contribution in [-0.4, -0.2) is 6.54 Å². The first-order chi connectivity index (χ1) is 5.31. The zero-order chi connectivity index (χ0) is 7.84. The Labute approximate surface area is 75.2 Å². The molecular weight excluding hydrogens is 178 g/mol. The van der Waals surface area contributed by atoms with E-state index < -0.39 is 0 Å². The normalized spacial score (nSPS) is 28.9. The van der Waals surface area contributed by atoms with Crippen molar-refractivity contribution in [3.05, 3.63) is 21.3 Å². The fraction of sp³-hybridized carbons (Fsp3) is 0.500. The molecule has 0 spiro atoms. The van der Waals surface area contributed by atoms with Crippen molar-refractivity contribution >= 4 is 22.9 Å². The van der Waals surface area contributed by atoms with Crippen molar-refractivity contribution in [3.8, 4) is 0 Å². The van der Waals surface area contributed by atoms with Gasteiger partial charge in [0.1, 0.15) is 0 Å². The number of thiophene rings is 1. The Morgan fingerprint density at radius 3 is 3.00 bits per heavy atom. The minimum Gasteiger partial charge on any atom is -0.330 e. The van der Waals surface area contributed by atoms with Crippen LogP contribution in [0.2, 0.25) is 5.02 Å². The van der Waals surface area contributed by atoms with Gasteiger partial charge in [-0.15, -0.1) is 11.3 Å². The first-order valence-corrected chi connectivity index (χ1v) is 5.01. The van der Waals surface area contributed by atoms with Crippen LogP contribution < -0.4 is 5.73 Å². The lowest BCUT2D eigenvalue weighted by Crippen LogP contribution is -2.01. The lowest BCUT2D eigenvalue weighted by molar-refractivity contribution is 0.815. The molecule has 0 radical (unpaired) electrons. The monoisotopic (exact) mass is 187 g/mol. The smallest absolute Gasteiger partial charge is 0.0515 e. The van der Waals surface area contributed by atoms with Crippen LogP contribution in [0, 0.1) is 5.92 Å². The van der Waals surface area contributed by atoms with Gasteiger partial charge in [0.15, 0.2) is 0 Å². The van der Waals surface area contributed by atoms with E-state index in [1.165, 1.54) is 11.3 Å². The molecule has 3 heteroatoms. The average Bonchev–Trinajstić information content (AvgIpc) is 2.68. The Morgan fingerprint density at radius 2 is 2.55 bits per heavy atom. The molecule has 0 saturated heterocycles. The summed E-state index contributed by atoms with van der Waals surface area (Å²) in [5, 5.41) is 2.86. The minimum atomic E-state index is 0.720. The topological polar surface area (TPSA) is 26.0 Å². The summed E-state index contributed by atoms with van der Waals surface area (Å²) in [6.07, 6.45) is 1.26. The third-order valence-electron chi connectivity index (χ3n) is 2.18. The molecule has 1 fully saturated rings. The molecule has 60 valence electrons. The second-order valence-corrected chi connectivity index (χ2v) is 4.38. The SMILES string of the molecule is NCC1CC1c1cc(Cl)cs1. The van der Waals surface area contributed by atoms with E-state index in [0.717, 1.165) is 23.4 Å². The number of hydrogen-bond donors (Lipinski definition) is 1. The van der Waals surface area contributed by atoms with Crippen LogP contribution >= 0.6 is 22.9 Å². The van der Waals surface area contributed by atoms with Gasteiger partial charge in [-0.1, -0.05) is 11.6 Å². The van der Waals surface area contributed by atoms with Crippen LogP contribution in [0.15, 0.2) is 11.4 Å². The highest BCUT2D eigenvalue weighted by atomic mass is 35.5. The van der Waals surface area contributed by atoms with Crippen LogP contribution in [-0.2, 0) is 0 Å². The second kappa shape index (κ2) is 2.77.